The Kier molecular flexibility index (Phi) is 5.34. The monoisotopic (exact) mass is 344 g/mol. The lowest BCUT2D eigenvalue weighted by molar-refractivity contribution is -0.151. The quantitative estimate of drug-likeness (QED) is 0.720. The Hall–Kier alpha value is -2.40. The summed E-state index contributed by atoms with van der Waals surface area (Å²) in [7, 11) is 0. The maximum atomic E-state index is 13.2. The van der Waals surface area contributed by atoms with E-state index >= 15 is 0 Å². The van der Waals surface area contributed by atoms with Gasteiger partial charge in [0, 0.05) is 0 Å². The standard InChI is InChI=1S/C20H21FO4/c1-2-24-19(22)11-20(13-23-14-20)16-6-8-18(9-7-16)25-12-15-4-3-5-17(21)10-15/h3-10H,2,11-14H2,1H3. The molecule has 1 aliphatic rings. The molecular weight excluding hydrogens is 323 g/mol. The summed E-state index contributed by atoms with van der Waals surface area (Å²) in [5, 5.41) is 0. The molecule has 1 saturated heterocycles. The first kappa shape index (κ1) is 17.4. The molecule has 0 saturated carbocycles. The van der Waals surface area contributed by atoms with Gasteiger partial charge in [0.2, 0.25) is 0 Å². The van der Waals surface area contributed by atoms with Crippen LogP contribution in [0.1, 0.15) is 24.5 Å². The second kappa shape index (κ2) is 7.66. The molecule has 0 unspecified atom stereocenters. The Bertz CT molecular complexity index is 723. The molecule has 0 aromatic heterocycles. The van der Waals surface area contributed by atoms with Crippen molar-refractivity contribution >= 4 is 5.97 Å². The molecular formula is C20H21FO4. The molecule has 5 heteroatoms. The van der Waals surface area contributed by atoms with Crippen molar-refractivity contribution in [2.24, 2.45) is 0 Å². The van der Waals surface area contributed by atoms with Gasteiger partial charge in [0.05, 0.1) is 31.7 Å². The molecule has 2 aromatic carbocycles. The highest BCUT2D eigenvalue weighted by atomic mass is 19.1. The van der Waals surface area contributed by atoms with Crippen LogP contribution in [0.25, 0.3) is 0 Å². The van der Waals surface area contributed by atoms with Crippen LogP contribution in [-0.2, 0) is 26.3 Å². The van der Waals surface area contributed by atoms with Crippen molar-refractivity contribution < 1.29 is 23.4 Å². The molecule has 3 rings (SSSR count). The molecule has 4 nitrogen and oxygen atoms in total. The van der Waals surface area contributed by atoms with E-state index < -0.39 is 0 Å². The van der Waals surface area contributed by atoms with Crippen LogP contribution in [0.3, 0.4) is 0 Å². The fraction of sp³-hybridized carbons (Fsp3) is 0.350. The SMILES string of the molecule is CCOC(=O)CC1(c2ccc(OCc3cccc(F)c3)cc2)COC1. The molecule has 132 valence electrons. The molecule has 1 heterocycles. The van der Waals surface area contributed by atoms with Gasteiger partial charge in [-0.3, -0.25) is 4.79 Å². The van der Waals surface area contributed by atoms with E-state index in [1.807, 2.05) is 30.3 Å². The van der Waals surface area contributed by atoms with Crippen molar-refractivity contribution in [2.45, 2.75) is 25.4 Å². The van der Waals surface area contributed by atoms with Gasteiger partial charge in [0.25, 0.3) is 0 Å². The second-order valence-corrected chi connectivity index (χ2v) is 6.20. The van der Waals surface area contributed by atoms with E-state index in [0.29, 0.717) is 38.6 Å². The Labute approximate surface area is 146 Å². The van der Waals surface area contributed by atoms with Gasteiger partial charge in [-0.25, -0.2) is 4.39 Å². The van der Waals surface area contributed by atoms with Crippen LogP contribution in [0.4, 0.5) is 4.39 Å². The number of halogens is 1. The van der Waals surface area contributed by atoms with Crippen LogP contribution in [-0.4, -0.2) is 25.8 Å². The average molecular weight is 344 g/mol. The fourth-order valence-corrected chi connectivity index (χ4v) is 2.91. The summed E-state index contributed by atoms with van der Waals surface area (Å²) in [4.78, 5) is 11.8. The highest BCUT2D eigenvalue weighted by Gasteiger charge is 2.42. The maximum Gasteiger partial charge on any atom is 0.306 e. The summed E-state index contributed by atoms with van der Waals surface area (Å²) in [5.41, 5.74) is 1.49. The van der Waals surface area contributed by atoms with E-state index in [2.05, 4.69) is 0 Å². The van der Waals surface area contributed by atoms with E-state index in [1.54, 1.807) is 13.0 Å². The van der Waals surface area contributed by atoms with Gasteiger partial charge >= 0.3 is 5.97 Å². The smallest absolute Gasteiger partial charge is 0.306 e. The fourth-order valence-electron chi connectivity index (χ4n) is 2.91. The summed E-state index contributed by atoms with van der Waals surface area (Å²) in [6.45, 7) is 3.49. The number of carbonyl (C=O) groups excluding carboxylic acids is 1. The molecule has 0 N–H and O–H groups in total. The lowest BCUT2D eigenvalue weighted by Gasteiger charge is -2.41. The van der Waals surface area contributed by atoms with E-state index in [4.69, 9.17) is 14.2 Å². The molecule has 1 aliphatic heterocycles. The van der Waals surface area contributed by atoms with E-state index in [-0.39, 0.29) is 17.2 Å². The van der Waals surface area contributed by atoms with Gasteiger partial charge < -0.3 is 14.2 Å². The number of benzene rings is 2. The molecule has 0 spiro atoms. The van der Waals surface area contributed by atoms with Crippen molar-refractivity contribution in [3.8, 4) is 5.75 Å². The third kappa shape index (κ3) is 4.17. The highest BCUT2D eigenvalue weighted by Crippen LogP contribution is 2.37. The molecule has 0 amide bonds. The zero-order valence-electron chi connectivity index (χ0n) is 14.2. The average Bonchev–Trinajstić information content (AvgIpc) is 2.57. The lowest BCUT2D eigenvalue weighted by atomic mass is 9.76. The number of esters is 1. The molecule has 1 fully saturated rings. The summed E-state index contributed by atoms with van der Waals surface area (Å²) in [6.07, 6.45) is 0.310. The zero-order valence-corrected chi connectivity index (χ0v) is 14.2. The van der Waals surface area contributed by atoms with Gasteiger partial charge in [0.1, 0.15) is 18.2 Å². The molecule has 0 aliphatic carbocycles. The maximum absolute atomic E-state index is 13.2. The first-order valence-corrected chi connectivity index (χ1v) is 8.32. The number of rotatable bonds is 7. The van der Waals surface area contributed by atoms with Gasteiger partial charge in [-0.1, -0.05) is 24.3 Å². The van der Waals surface area contributed by atoms with Crippen LogP contribution in [0.2, 0.25) is 0 Å². The topological polar surface area (TPSA) is 44.8 Å². The Morgan fingerprint density at radius 3 is 2.56 bits per heavy atom. The molecule has 2 aromatic rings. The molecule has 0 radical (unpaired) electrons. The first-order valence-electron chi connectivity index (χ1n) is 8.32. The summed E-state index contributed by atoms with van der Waals surface area (Å²) in [6, 6.07) is 14.0. The van der Waals surface area contributed by atoms with Gasteiger partial charge in [0.15, 0.2) is 0 Å². The minimum Gasteiger partial charge on any atom is -0.489 e. The van der Waals surface area contributed by atoms with Crippen LogP contribution < -0.4 is 4.74 Å². The third-order valence-corrected chi connectivity index (χ3v) is 4.31. The predicted molar refractivity (Wildman–Crippen MR) is 90.9 cm³/mol. The lowest BCUT2D eigenvalue weighted by Crippen LogP contribution is -2.48. The van der Waals surface area contributed by atoms with Crippen molar-refractivity contribution in [1.82, 2.24) is 0 Å². The van der Waals surface area contributed by atoms with Crippen LogP contribution in [0, 0.1) is 5.82 Å². The Morgan fingerprint density at radius 1 is 1.20 bits per heavy atom. The summed E-state index contributed by atoms with van der Waals surface area (Å²) >= 11 is 0. The minimum atomic E-state index is -0.312. The largest absolute Gasteiger partial charge is 0.489 e. The van der Waals surface area contributed by atoms with Crippen LogP contribution >= 0.6 is 0 Å². The normalized spacial score (nSPS) is 15.3. The number of carbonyl (C=O) groups is 1. The molecule has 0 bridgehead atoms. The molecule has 25 heavy (non-hydrogen) atoms. The van der Waals surface area contributed by atoms with Gasteiger partial charge in [-0.15, -0.1) is 0 Å². The Morgan fingerprint density at radius 2 is 1.96 bits per heavy atom. The Balaban J connectivity index is 1.64. The third-order valence-electron chi connectivity index (χ3n) is 4.31. The first-order chi connectivity index (χ1) is 12.1. The van der Waals surface area contributed by atoms with E-state index in [0.717, 1.165) is 11.1 Å². The van der Waals surface area contributed by atoms with Crippen LogP contribution in [0.5, 0.6) is 5.75 Å². The second-order valence-electron chi connectivity index (χ2n) is 6.20. The van der Waals surface area contributed by atoms with Gasteiger partial charge in [-0.2, -0.15) is 0 Å². The predicted octanol–water partition coefficient (Wildman–Crippen LogP) is 3.63. The summed E-state index contributed by atoms with van der Waals surface area (Å²) < 4.78 is 29.3. The van der Waals surface area contributed by atoms with E-state index in [9.17, 15) is 9.18 Å². The number of hydrogen-bond acceptors (Lipinski definition) is 4. The van der Waals surface area contributed by atoms with Crippen molar-refractivity contribution in [2.75, 3.05) is 19.8 Å². The van der Waals surface area contributed by atoms with Crippen LogP contribution in [0.15, 0.2) is 48.5 Å². The molecule has 0 atom stereocenters. The van der Waals surface area contributed by atoms with Crippen molar-refractivity contribution in [3.63, 3.8) is 0 Å². The highest BCUT2D eigenvalue weighted by molar-refractivity contribution is 5.72. The minimum absolute atomic E-state index is 0.211. The van der Waals surface area contributed by atoms with Crippen molar-refractivity contribution in [3.05, 3.63) is 65.5 Å². The van der Waals surface area contributed by atoms with Gasteiger partial charge in [-0.05, 0) is 42.3 Å². The number of hydrogen-bond donors (Lipinski definition) is 0. The van der Waals surface area contributed by atoms with Crippen molar-refractivity contribution in [1.29, 1.82) is 0 Å². The zero-order chi connectivity index (χ0) is 17.7. The number of ether oxygens (including phenoxy) is 3. The van der Waals surface area contributed by atoms with E-state index in [1.165, 1.54) is 12.1 Å². The summed E-state index contributed by atoms with van der Waals surface area (Å²) in [5.74, 6) is 0.208.